The van der Waals surface area contributed by atoms with Gasteiger partial charge in [0.05, 0.1) is 11.6 Å². The number of benzene rings is 1. The fourth-order valence-electron chi connectivity index (χ4n) is 2.73. The molecule has 2 aliphatic rings. The summed E-state index contributed by atoms with van der Waals surface area (Å²) in [7, 11) is 0. The minimum atomic E-state index is -1.45. The number of hydrogen-bond acceptors (Lipinski definition) is 7. The van der Waals surface area contributed by atoms with Gasteiger partial charge in [-0.25, -0.2) is 4.79 Å². The number of nitriles is 1. The molecule has 2 aliphatic heterocycles. The van der Waals surface area contributed by atoms with Crippen LogP contribution in [0.15, 0.2) is 30.3 Å². The lowest BCUT2D eigenvalue weighted by Gasteiger charge is -2.28. The molecule has 1 aromatic carbocycles. The highest BCUT2D eigenvalue weighted by molar-refractivity contribution is 5.89. The molecule has 0 aromatic heterocycles. The second-order valence-electron chi connectivity index (χ2n) is 6.06. The number of nitrogens with two attached hydrogens (primary N) is 1. The van der Waals surface area contributed by atoms with Gasteiger partial charge in [0.15, 0.2) is 17.6 Å². The van der Waals surface area contributed by atoms with Crippen LogP contribution < -0.4 is 5.73 Å². The van der Waals surface area contributed by atoms with Gasteiger partial charge in [0.1, 0.15) is 18.8 Å². The van der Waals surface area contributed by atoms with Gasteiger partial charge in [-0.15, -0.1) is 0 Å². The molecule has 0 unspecified atom stereocenters. The predicted octanol–water partition coefficient (Wildman–Crippen LogP) is 0.941. The molecule has 0 radical (unpaired) electrons. The van der Waals surface area contributed by atoms with Crippen molar-refractivity contribution in [1.82, 2.24) is 0 Å². The lowest BCUT2D eigenvalue weighted by molar-refractivity contribution is -0.212. The topological polar surface area (TPSA) is 104 Å². The Labute approximate surface area is 133 Å². The third-order valence-electron chi connectivity index (χ3n) is 3.93. The van der Waals surface area contributed by atoms with Crippen molar-refractivity contribution in [3.05, 3.63) is 35.9 Å². The van der Waals surface area contributed by atoms with E-state index < -0.39 is 35.8 Å². The Kier molecular flexibility index (Phi) is 3.86. The van der Waals surface area contributed by atoms with E-state index in [1.54, 1.807) is 44.2 Å². The van der Waals surface area contributed by atoms with Crippen LogP contribution >= 0.6 is 0 Å². The zero-order valence-electron chi connectivity index (χ0n) is 12.9. The SMILES string of the molecule is CC1(C)O[C@H]2O[C@H](COC(=O)c3ccccc3)[C@](N)(C#N)[C@H]2O1. The summed E-state index contributed by atoms with van der Waals surface area (Å²) >= 11 is 0. The van der Waals surface area contributed by atoms with Crippen LogP contribution in [0.3, 0.4) is 0 Å². The van der Waals surface area contributed by atoms with Crippen molar-refractivity contribution in [3.8, 4) is 6.07 Å². The molecule has 0 saturated carbocycles. The van der Waals surface area contributed by atoms with Gasteiger partial charge in [-0.3, -0.25) is 0 Å². The van der Waals surface area contributed by atoms with Crippen LogP contribution in [0.1, 0.15) is 24.2 Å². The number of carbonyl (C=O) groups is 1. The lowest BCUT2D eigenvalue weighted by atomic mass is 9.91. The molecule has 4 atom stereocenters. The summed E-state index contributed by atoms with van der Waals surface area (Å²) in [5.41, 5.74) is 5.12. The molecule has 122 valence electrons. The van der Waals surface area contributed by atoms with E-state index in [0.29, 0.717) is 5.56 Å². The average molecular weight is 318 g/mol. The third-order valence-corrected chi connectivity index (χ3v) is 3.93. The van der Waals surface area contributed by atoms with Crippen molar-refractivity contribution in [2.24, 2.45) is 5.73 Å². The molecule has 7 heteroatoms. The molecule has 0 amide bonds. The summed E-state index contributed by atoms with van der Waals surface area (Å²) in [5.74, 6) is -1.38. The Morgan fingerprint density at radius 1 is 1.35 bits per heavy atom. The largest absolute Gasteiger partial charge is 0.459 e. The summed E-state index contributed by atoms with van der Waals surface area (Å²) in [6.07, 6.45) is -2.32. The van der Waals surface area contributed by atoms with E-state index in [2.05, 4.69) is 0 Å². The molecular formula is C16H18N2O5. The summed E-state index contributed by atoms with van der Waals surface area (Å²) in [4.78, 5) is 12.0. The van der Waals surface area contributed by atoms with E-state index >= 15 is 0 Å². The molecule has 2 saturated heterocycles. The minimum absolute atomic E-state index is 0.155. The van der Waals surface area contributed by atoms with Crippen LogP contribution in [-0.2, 0) is 18.9 Å². The average Bonchev–Trinajstić information content (AvgIpc) is 2.97. The van der Waals surface area contributed by atoms with Crippen molar-refractivity contribution in [1.29, 1.82) is 5.26 Å². The molecule has 0 aliphatic carbocycles. The van der Waals surface area contributed by atoms with E-state index in [9.17, 15) is 10.1 Å². The van der Waals surface area contributed by atoms with Crippen LogP contribution in [0.25, 0.3) is 0 Å². The first-order chi connectivity index (χ1) is 10.9. The van der Waals surface area contributed by atoms with Gasteiger partial charge in [0, 0.05) is 0 Å². The van der Waals surface area contributed by atoms with Gasteiger partial charge >= 0.3 is 5.97 Å². The Morgan fingerprint density at radius 2 is 2.04 bits per heavy atom. The van der Waals surface area contributed by atoms with Gasteiger partial charge < -0.3 is 24.7 Å². The number of nitrogens with zero attached hydrogens (tertiary/aromatic N) is 1. The standard InChI is InChI=1S/C16H18N2O5/c1-15(2)22-12-14(23-15)21-11(16(12,18)9-17)8-20-13(19)10-6-4-3-5-7-10/h3-7,11-12,14H,8,18H2,1-2H3/t11-,12+,14-,16-/m1/s1. The van der Waals surface area contributed by atoms with E-state index in [1.807, 2.05) is 6.07 Å². The van der Waals surface area contributed by atoms with Crippen molar-refractivity contribution in [2.75, 3.05) is 6.61 Å². The van der Waals surface area contributed by atoms with Gasteiger partial charge in [-0.05, 0) is 26.0 Å². The maximum Gasteiger partial charge on any atom is 0.338 e. The van der Waals surface area contributed by atoms with E-state index in [-0.39, 0.29) is 6.61 Å². The molecule has 23 heavy (non-hydrogen) atoms. The molecule has 0 spiro atoms. The van der Waals surface area contributed by atoms with Crippen molar-refractivity contribution < 1.29 is 23.7 Å². The highest BCUT2D eigenvalue weighted by atomic mass is 16.8. The smallest absolute Gasteiger partial charge is 0.338 e. The number of hydrogen-bond donors (Lipinski definition) is 1. The number of esters is 1. The van der Waals surface area contributed by atoms with Crippen LogP contribution in [0.2, 0.25) is 0 Å². The number of carbonyl (C=O) groups excluding carboxylic acids is 1. The molecule has 3 rings (SSSR count). The van der Waals surface area contributed by atoms with Gasteiger partial charge in [-0.2, -0.15) is 5.26 Å². The number of ether oxygens (including phenoxy) is 4. The molecule has 7 nitrogen and oxygen atoms in total. The first-order valence-electron chi connectivity index (χ1n) is 7.29. The van der Waals surface area contributed by atoms with Gasteiger partial charge in [0.25, 0.3) is 0 Å². The fraction of sp³-hybridized carbons (Fsp3) is 0.500. The quantitative estimate of drug-likeness (QED) is 0.827. The molecule has 2 fully saturated rings. The zero-order valence-corrected chi connectivity index (χ0v) is 12.9. The molecular weight excluding hydrogens is 300 g/mol. The Morgan fingerprint density at radius 3 is 2.70 bits per heavy atom. The highest BCUT2D eigenvalue weighted by Gasteiger charge is 2.63. The summed E-state index contributed by atoms with van der Waals surface area (Å²) in [5, 5.41) is 9.46. The minimum Gasteiger partial charge on any atom is -0.459 e. The van der Waals surface area contributed by atoms with Crippen LogP contribution in [-0.4, -0.2) is 42.4 Å². The van der Waals surface area contributed by atoms with Gasteiger partial charge in [-0.1, -0.05) is 18.2 Å². The second kappa shape index (κ2) is 5.58. The monoisotopic (exact) mass is 318 g/mol. The molecule has 2 N–H and O–H groups in total. The Hall–Kier alpha value is -1.98. The normalized spacial score (nSPS) is 34.6. The molecule has 0 bridgehead atoms. The third kappa shape index (κ3) is 2.82. The Bertz CT molecular complexity index is 642. The van der Waals surface area contributed by atoms with Crippen LogP contribution in [0, 0.1) is 11.3 Å². The number of rotatable bonds is 3. The summed E-state index contributed by atoms with van der Waals surface area (Å²) < 4.78 is 22.1. The van der Waals surface area contributed by atoms with Crippen LogP contribution in [0.4, 0.5) is 0 Å². The van der Waals surface area contributed by atoms with Crippen LogP contribution in [0.5, 0.6) is 0 Å². The highest BCUT2D eigenvalue weighted by Crippen LogP contribution is 2.41. The van der Waals surface area contributed by atoms with Crippen molar-refractivity contribution >= 4 is 5.97 Å². The Balaban J connectivity index is 1.68. The van der Waals surface area contributed by atoms with Crippen molar-refractivity contribution in [3.63, 3.8) is 0 Å². The lowest BCUT2D eigenvalue weighted by Crippen LogP contribution is -2.57. The fourth-order valence-corrected chi connectivity index (χ4v) is 2.73. The first kappa shape index (κ1) is 15.9. The maximum absolute atomic E-state index is 12.0. The first-order valence-corrected chi connectivity index (χ1v) is 7.29. The predicted molar refractivity (Wildman–Crippen MR) is 78.0 cm³/mol. The van der Waals surface area contributed by atoms with Crippen molar-refractivity contribution in [2.45, 2.75) is 43.7 Å². The van der Waals surface area contributed by atoms with E-state index in [0.717, 1.165) is 0 Å². The summed E-state index contributed by atoms with van der Waals surface area (Å²) in [6, 6.07) is 10.6. The van der Waals surface area contributed by atoms with E-state index in [4.69, 9.17) is 24.7 Å². The number of fused-ring (bicyclic) bond motifs is 1. The molecule has 2 heterocycles. The zero-order chi connectivity index (χ0) is 16.7. The second-order valence-corrected chi connectivity index (χ2v) is 6.06. The molecule has 1 aromatic rings. The maximum atomic E-state index is 12.0. The van der Waals surface area contributed by atoms with E-state index in [1.165, 1.54) is 0 Å². The summed E-state index contributed by atoms with van der Waals surface area (Å²) in [6.45, 7) is 3.28. The van der Waals surface area contributed by atoms with Gasteiger partial charge in [0.2, 0.25) is 0 Å².